The van der Waals surface area contributed by atoms with Crippen molar-refractivity contribution < 1.29 is 4.74 Å². The van der Waals surface area contributed by atoms with E-state index in [-0.39, 0.29) is 6.04 Å². The van der Waals surface area contributed by atoms with Crippen LogP contribution in [0, 0.1) is 0 Å². The minimum atomic E-state index is 0.0326. The lowest BCUT2D eigenvalue weighted by molar-refractivity contribution is 0.261. The zero-order valence-corrected chi connectivity index (χ0v) is 11.6. The summed E-state index contributed by atoms with van der Waals surface area (Å²) in [4.78, 5) is 2.09. The third-order valence-corrected chi connectivity index (χ3v) is 2.96. The highest BCUT2D eigenvalue weighted by molar-refractivity contribution is 9.10. The molecule has 1 aromatic carbocycles. The maximum atomic E-state index is 5.83. The Kier molecular flexibility index (Phi) is 5.25. The van der Waals surface area contributed by atoms with E-state index in [1.54, 1.807) is 0 Å². The highest BCUT2D eigenvalue weighted by Gasteiger charge is 2.06. The van der Waals surface area contributed by atoms with Gasteiger partial charge in [0, 0.05) is 17.1 Å². The molecule has 0 unspecified atom stereocenters. The highest BCUT2D eigenvalue weighted by Crippen LogP contribution is 2.26. The van der Waals surface area contributed by atoms with Crippen molar-refractivity contribution >= 4 is 15.9 Å². The number of nitrogens with two attached hydrogens (primary N) is 1. The minimum absolute atomic E-state index is 0.0326. The number of hydrogen-bond acceptors (Lipinski definition) is 3. The number of nitrogens with zero attached hydrogens (tertiary/aromatic N) is 1. The summed E-state index contributed by atoms with van der Waals surface area (Å²) in [5.74, 6) is 0.873. The largest absolute Gasteiger partial charge is 0.492 e. The van der Waals surface area contributed by atoms with Crippen LogP contribution in [0.15, 0.2) is 22.7 Å². The smallest absolute Gasteiger partial charge is 0.120 e. The van der Waals surface area contributed by atoms with Crippen LogP contribution in [0.1, 0.15) is 18.5 Å². The molecule has 16 heavy (non-hydrogen) atoms. The van der Waals surface area contributed by atoms with Gasteiger partial charge in [0.15, 0.2) is 0 Å². The highest BCUT2D eigenvalue weighted by atomic mass is 79.9. The first-order valence-electron chi connectivity index (χ1n) is 5.33. The van der Waals surface area contributed by atoms with Crippen LogP contribution in [0.3, 0.4) is 0 Å². The van der Waals surface area contributed by atoms with E-state index in [0.29, 0.717) is 6.61 Å². The number of ether oxygens (including phenoxy) is 1. The standard InChI is InChI=1S/C12H19BrN2O/c1-9(14)11-5-4-10(8-12(11)13)16-7-6-15(2)3/h4-5,8-9H,6-7,14H2,1-3H3/t9-/m0/s1. The summed E-state index contributed by atoms with van der Waals surface area (Å²) < 4.78 is 6.62. The van der Waals surface area contributed by atoms with Gasteiger partial charge >= 0.3 is 0 Å². The van der Waals surface area contributed by atoms with Crippen LogP contribution in [0.25, 0.3) is 0 Å². The number of hydrogen-bond donors (Lipinski definition) is 1. The molecule has 4 heteroatoms. The Hall–Kier alpha value is -0.580. The van der Waals surface area contributed by atoms with E-state index in [1.165, 1.54) is 0 Å². The van der Waals surface area contributed by atoms with E-state index in [2.05, 4.69) is 20.8 Å². The van der Waals surface area contributed by atoms with Crippen LogP contribution in [0.4, 0.5) is 0 Å². The molecule has 0 bridgehead atoms. The fourth-order valence-electron chi connectivity index (χ4n) is 1.31. The zero-order valence-electron chi connectivity index (χ0n) is 10.0. The molecule has 1 atom stereocenters. The normalized spacial score (nSPS) is 12.9. The summed E-state index contributed by atoms with van der Waals surface area (Å²) in [7, 11) is 4.05. The average molecular weight is 287 g/mol. The van der Waals surface area contributed by atoms with Crippen molar-refractivity contribution in [2.24, 2.45) is 5.73 Å². The van der Waals surface area contributed by atoms with Gasteiger partial charge < -0.3 is 15.4 Å². The van der Waals surface area contributed by atoms with Gasteiger partial charge in [-0.3, -0.25) is 0 Å². The zero-order chi connectivity index (χ0) is 12.1. The molecule has 0 spiro atoms. The van der Waals surface area contributed by atoms with E-state index in [9.17, 15) is 0 Å². The van der Waals surface area contributed by atoms with Gasteiger partial charge in [0.1, 0.15) is 12.4 Å². The molecule has 0 aliphatic carbocycles. The molecule has 0 radical (unpaired) electrons. The van der Waals surface area contributed by atoms with E-state index < -0.39 is 0 Å². The number of halogens is 1. The van der Waals surface area contributed by atoms with Gasteiger partial charge in [0.05, 0.1) is 0 Å². The van der Waals surface area contributed by atoms with Crippen molar-refractivity contribution in [2.45, 2.75) is 13.0 Å². The van der Waals surface area contributed by atoms with Gasteiger partial charge in [-0.15, -0.1) is 0 Å². The molecule has 0 aliphatic rings. The summed E-state index contributed by atoms with van der Waals surface area (Å²) >= 11 is 3.50. The quantitative estimate of drug-likeness (QED) is 0.904. The molecule has 2 N–H and O–H groups in total. The van der Waals surface area contributed by atoms with Crippen LogP contribution < -0.4 is 10.5 Å². The van der Waals surface area contributed by atoms with Gasteiger partial charge in [0.25, 0.3) is 0 Å². The number of rotatable bonds is 5. The second-order valence-corrected chi connectivity index (χ2v) is 4.98. The van der Waals surface area contributed by atoms with Crippen LogP contribution in [-0.4, -0.2) is 32.1 Å². The van der Waals surface area contributed by atoms with Gasteiger partial charge in [0.2, 0.25) is 0 Å². The summed E-state index contributed by atoms with van der Waals surface area (Å²) in [6.45, 7) is 3.57. The second-order valence-electron chi connectivity index (χ2n) is 4.12. The SMILES string of the molecule is C[C@H](N)c1ccc(OCCN(C)C)cc1Br. The molecule has 3 nitrogen and oxygen atoms in total. The average Bonchev–Trinajstić information content (AvgIpc) is 2.16. The lowest BCUT2D eigenvalue weighted by atomic mass is 10.1. The van der Waals surface area contributed by atoms with E-state index in [0.717, 1.165) is 22.3 Å². The first-order chi connectivity index (χ1) is 7.50. The Morgan fingerprint density at radius 3 is 2.62 bits per heavy atom. The van der Waals surface area contributed by atoms with Crippen molar-refractivity contribution in [1.29, 1.82) is 0 Å². The first-order valence-corrected chi connectivity index (χ1v) is 6.12. The fourth-order valence-corrected chi connectivity index (χ4v) is 2.03. The molecule has 1 rings (SSSR count). The fraction of sp³-hybridized carbons (Fsp3) is 0.500. The molecule has 0 saturated heterocycles. The molecular weight excluding hydrogens is 268 g/mol. The van der Waals surface area contributed by atoms with Crippen molar-refractivity contribution in [3.8, 4) is 5.75 Å². The maximum Gasteiger partial charge on any atom is 0.120 e. The summed E-state index contributed by atoms with van der Waals surface area (Å²) in [6.07, 6.45) is 0. The van der Waals surface area contributed by atoms with Crippen LogP contribution in [0.5, 0.6) is 5.75 Å². The first kappa shape index (κ1) is 13.5. The third-order valence-electron chi connectivity index (χ3n) is 2.27. The molecule has 0 aliphatic heterocycles. The third kappa shape index (κ3) is 4.12. The number of likely N-dealkylation sites (N-methyl/N-ethyl adjacent to an activating group) is 1. The molecule has 0 saturated carbocycles. The minimum Gasteiger partial charge on any atom is -0.492 e. The van der Waals surface area contributed by atoms with Crippen LogP contribution >= 0.6 is 15.9 Å². The Morgan fingerprint density at radius 2 is 2.12 bits per heavy atom. The van der Waals surface area contributed by atoms with E-state index in [1.807, 2.05) is 39.2 Å². The van der Waals surface area contributed by atoms with Gasteiger partial charge in [-0.2, -0.15) is 0 Å². The Balaban J connectivity index is 2.59. The Labute approximate surface area is 106 Å². The molecule has 1 aromatic rings. The van der Waals surface area contributed by atoms with Gasteiger partial charge in [-0.1, -0.05) is 22.0 Å². The predicted molar refractivity (Wildman–Crippen MR) is 70.8 cm³/mol. The summed E-state index contributed by atoms with van der Waals surface area (Å²) in [6, 6.07) is 5.96. The van der Waals surface area contributed by atoms with Crippen LogP contribution in [-0.2, 0) is 0 Å². The summed E-state index contributed by atoms with van der Waals surface area (Å²) in [5, 5.41) is 0. The molecule has 90 valence electrons. The monoisotopic (exact) mass is 286 g/mol. The second kappa shape index (κ2) is 6.23. The van der Waals surface area contributed by atoms with E-state index in [4.69, 9.17) is 10.5 Å². The lowest BCUT2D eigenvalue weighted by Crippen LogP contribution is -2.19. The van der Waals surface area contributed by atoms with Gasteiger partial charge in [-0.05, 0) is 38.7 Å². The summed E-state index contributed by atoms with van der Waals surface area (Å²) in [5.41, 5.74) is 6.92. The molecule has 0 amide bonds. The van der Waals surface area contributed by atoms with Crippen molar-refractivity contribution in [2.75, 3.05) is 27.2 Å². The molecule has 0 aromatic heterocycles. The molecule has 0 heterocycles. The Bertz CT molecular complexity index is 340. The predicted octanol–water partition coefficient (Wildman–Crippen LogP) is 2.41. The number of benzene rings is 1. The molecule has 0 fully saturated rings. The van der Waals surface area contributed by atoms with Crippen molar-refractivity contribution in [1.82, 2.24) is 4.90 Å². The Morgan fingerprint density at radius 1 is 1.44 bits per heavy atom. The van der Waals surface area contributed by atoms with E-state index >= 15 is 0 Å². The van der Waals surface area contributed by atoms with Crippen molar-refractivity contribution in [3.05, 3.63) is 28.2 Å². The maximum absolute atomic E-state index is 5.83. The van der Waals surface area contributed by atoms with Crippen LogP contribution in [0.2, 0.25) is 0 Å². The molecular formula is C12H19BrN2O. The van der Waals surface area contributed by atoms with Crippen molar-refractivity contribution in [3.63, 3.8) is 0 Å². The lowest BCUT2D eigenvalue weighted by Gasteiger charge is -2.13. The topological polar surface area (TPSA) is 38.5 Å². The van der Waals surface area contributed by atoms with Gasteiger partial charge in [-0.25, -0.2) is 0 Å².